The number of halogens is 1. The molecule has 0 atom stereocenters. The lowest BCUT2D eigenvalue weighted by Crippen LogP contribution is -2.36. The number of ether oxygens (including phenoxy) is 1. The fraction of sp³-hybridized carbons (Fsp3) is 0.381. The molecular weight excluding hydrogens is 378 g/mol. The van der Waals surface area contributed by atoms with Crippen LogP contribution < -0.4 is 4.74 Å². The molecule has 0 N–H and O–H groups in total. The molecule has 0 heterocycles. The summed E-state index contributed by atoms with van der Waals surface area (Å²) in [4.78, 5) is 14.7. The molecule has 0 unspecified atom stereocenters. The standard InChI is InChI=1S/C21H24BrNO2/c1-15-10-19(22)11-16(2)21(15)25-14-20(24)23(13-18-8-9-18)12-17-6-4-3-5-7-17/h3-7,10-11,18H,8-9,12-14H2,1-2H3. The third-order valence-electron chi connectivity index (χ3n) is 4.51. The average molecular weight is 402 g/mol. The summed E-state index contributed by atoms with van der Waals surface area (Å²) in [6.07, 6.45) is 2.45. The van der Waals surface area contributed by atoms with Gasteiger partial charge in [-0.2, -0.15) is 0 Å². The maximum Gasteiger partial charge on any atom is 0.260 e. The highest BCUT2D eigenvalue weighted by atomic mass is 79.9. The minimum absolute atomic E-state index is 0.0532. The van der Waals surface area contributed by atoms with Gasteiger partial charge in [-0.1, -0.05) is 46.3 Å². The number of carbonyl (C=O) groups excluding carboxylic acids is 1. The number of amides is 1. The Balaban J connectivity index is 1.66. The average Bonchev–Trinajstić information content (AvgIpc) is 3.38. The molecule has 1 fully saturated rings. The van der Waals surface area contributed by atoms with E-state index in [0.29, 0.717) is 12.5 Å². The van der Waals surface area contributed by atoms with Crippen LogP contribution in [-0.2, 0) is 11.3 Å². The van der Waals surface area contributed by atoms with E-state index in [9.17, 15) is 4.79 Å². The SMILES string of the molecule is Cc1cc(Br)cc(C)c1OCC(=O)N(Cc1ccccc1)CC1CC1. The molecule has 3 rings (SSSR count). The number of carbonyl (C=O) groups is 1. The van der Waals surface area contributed by atoms with Crippen LogP contribution in [0.2, 0.25) is 0 Å². The van der Waals surface area contributed by atoms with Crippen molar-refractivity contribution in [2.75, 3.05) is 13.2 Å². The molecule has 4 heteroatoms. The number of nitrogens with zero attached hydrogens (tertiary/aromatic N) is 1. The molecule has 0 saturated heterocycles. The Morgan fingerprint density at radius 3 is 2.40 bits per heavy atom. The smallest absolute Gasteiger partial charge is 0.260 e. The molecule has 0 bridgehead atoms. The summed E-state index contributed by atoms with van der Waals surface area (Å²) >= 11 is 3.49. The molecule has 0 aromatic heterocycles. The number of hydrogen-bond donors (Lipinski definition) is 0. The van der Waals surface area contributed by atoms with Crippen molar-refractivity contribution in [3.05, 3.63) is 63.6 Å². The predicted octanol–water partition coefficient (Wildman–Crippen LogP) is 4.88. The van der Waals surface area contributed by atoms with Crippen molar-refractivity contribution in [3.8, 4) is 5.75 Å². The van der Waals surface area contributed by atoms with Crippen molar-refractivity contribution in [2.24, 2.45) is 5.92 Å². The van der Waals surface area contributed by atoms with E-state index in [1.807, 2.05) is 49.1 Å². The van der Waals surface area contributed by atoms with Gasteiger partial charge in [-0.15, -0.1) is 0 Å². The van der Waals surface area contributed by atoms with Crippen molar-refractivity contribution in [2.45, 2.75) is 33.2 Å². The van der Waals surface area contributed by atoms with Crippen molar-refractivity contribution >= 4 is 21.8 Å². The van der Waals surface area contributed by atoms with Crippen LogP contribution in [-0.4, -0.2) is 24.0 Å². The Kier molecular flexibility index (Phi) is 5.79. The van der Waals surface area contributed by atoms with Gasteiger partial charge in [0.2, 0.25) is 0 Å². The highest BCUT2D eigenvalue weighted by Gasteiger charge is 2.27. The zero-order valence-corrected chi connectivity index (χ0v) is 16.4. The van der Waals surface area contributed by atoms with Crippen molar-refractivity contribution < 1.29 is 9.53 Å². The highest BCUT2D eigenvalue weighted by Crippen LogP contribution is 2.31. The fourth-order valence-corrected chi connectivity index (χ4v) is 3.71. The zero-order valence-electron chi connectivity index (χ0n) is 14.8. The van der Waals surface area contributed by atoms with E-state index >= 15 is 0 Å². The second kappa shape index (κ2) is 8.05. The van der Waals surface area contributed by atoms with Gasteiger partial charge in [0.25, 0.3) is 5.91 Å². The molecule has 2 aromatic carbocycles. The Hall–Kier alpha value is -1.81. The molecule has 2 aromatic rings. The van der Waals surface area contributed by atoms with Crippen LogP contribution in [0.25, 0.3) is 0 Å². The van der Waals surface area contributed by atoms with Crippen LogP contribution >= 0.6 is 15.9 Å². The third-order valence-corrected chi connectivity index (χ3v) is 4.97. The molecule has 1 amide bonds. The van der Waals surface area contributed by atoms with E-state index in [2.05, 4.69) is 28.1 Å². The molecule has 1 aliphatic rings. The van der Waals surface area contributed by atoms with Crippen LogP contribution in [0.3, 0.4) is 0 Å². The lowest BCUT2D eigenvalue weighted by molar-refractivity contribution is -0.134. The molecule has 0 radical (unpaired) electrons. The van der Waals surface area contributed by atoms with E-state index in [0.717, 1.165) is 33.5 Å². The number of aryl methyl sites for hydroxylation is 2. The largest absolute Gasteiger partial charge is 0.483 e. The summed E-state index contributed by atoms with van der Waals surface area (Å²) in [7, 11) is 0. The minimum atomic E-state index is 0.0532. The number of rotatable bonds is 7. The Labute approximate surface area is 158 Å². The summed E-state index contributed by atoms with van der Waals surface area (Å²) < 4.78 is 6.92. The van der Waals surface area contributed by atoms with Crippen LogP contribution in [0.4, 0.5) is 0 Å². The number of benzene rings is 2. The first-order valence-corrected chi connectivity index (χ1v) is 9.53. The van der Waals surface area contributed by atoms with E-state index < -0.39 is 0 Å². The van der Waals surface area contributed by atoms with Gasteiger partial charge in [0.1, 0.15) is 5.75 Å². The molecule has 0 spiro atoms. The summed E-state index contributed by atoms with van der Waals surface area (Å²) in [6.45, 7) is 5.57. The van der Waals surface area contributed by atoms with Gasteiger partial charge < -0.3 is 9.64 Å². The molecule has 1 aliphatic carbocycles. The van der Waals surface area contributed by atoms with Gasteiger partial charge in [0.05, 0.1) is 0 Å². The van der Waals surface area contributed by atoms with Crippen molar-refractivity contribution in [1.29, 1.82) is 0 Å². The molecule has 1 saturated carbocycles. The Bertz CT molecular complexity index is 718. The quantitative estimate of drug-likeness (QED) is 0.661. The van der Waals surface area contributed by atoms with E-state index in [1.165, 1.54) is 12.8 Å². The third kappa shape index (κ3) is 5.08. The van der Waals surface area contributed by atoms with Gasteiger partial charge >= 0.3 is 0 Å². The van der Waals surface area contributed by atoms with Crippen LogP contribution in [0.5, 0.6) is 5.75 Å². The summed E-state index contributed by atoms with van der Waals surface area (Å²) in [5, 5.41) is 0. The van der Waals surface area contributed by atoms with Gasteiger partial charge in [-0.05, 0) is 61.4 Å². The maximum absolute atomic E-state index is 12.8. The lowest BCUT2D eigenvalue weighted by Gasteiger charge is -2.23. The maximum atomic E-state index is 12.8. The van der Waals surface area contributed by atoms with E-state index in [1.54, 1.807) is 0 Å². The van der Waals surface area contributed by atoms with Crippen molar-refractivity contribution in [3.63, 3.8) is 0 Å². The zero-order chi connectivity index (χ0) is 17.8. The van der Waals surface area contributed by atoms with E-state index in [4.69, 9.17) is 4.74 Å². The molecule has 25 heavy (non-hydrogen) atoms. The Morgan fingerprint density at radius 1 is 1.16 bits per heavy atom. The molecule has 0 aliphatic heterocycles. The van der Waals surface area contributed by atoms with Gasteiger partial charge in [0.15, 0.2) is 6.61 Å². The lowest BCUT2D eigenvalue weighted by atomic mass is 10.1. The monoisotopic (exact) mass is 401 g/mol. The topological polar surface area (TPSA) is 29.5 Å². The normalized spacial score (nSPS) is 13.6. The Morgan fingerprint density at radius 2 is 1.80 bits per heavy atom. The van der Waals surface area contributed by atoms with Gasteiger partial charge in [-0.3, -0.25) is 4.79 Å². The summed E-state index contributed by atoms with van der Waals surface area (Å²) in [6, 6.07) is 14.2. The second-order valence-electron chi connectivity index (χ2n) is 6.86. The van der Waals surface area contributed by atoms with Crippen LogP contribution in [0.1, 0.15) is 29.5 Å². The molecule has 132 valence electrons. The molecular formula is C21H24BrNO2. The van der Waals surface area contributed by atoms with Gasteiger partial charge in [-0.25, -0.2) is 0 Å². The first-order valence-electron chi connectivity index (χ1n) is 8.74. The fourth-order valence-electron chi connectivity index (χ4n) is 3.02. The second-order valence-corrected chi connectivity index (χ2v) is 7.78. The first kappa shape index (κ1) is 18.0. The number of hydrogen-bond acceptors (Lipinski definition) is 2. The highest BCUT2D eigenvalue weighted by molar-refractivity contribution is 9.10. The van der Waals surface area contributed by atoms with Crippen molar-refractivity contribution in [1.82, 2.24) is 4.90 Å². The van der Waals surface area contributed by atoms with Crippen LogP contribution in [0.15, 0.2) is 46.9 Å². The van der Waals surface area contributed by atoms with E-state index in [-0.39, 0.29) is 12.5 Å². The first-order chi connectivity index (χ1) is 12.0. The van der Waals surface area contributed by atoms with Gasteiger partial charge in [0, 0.05) is 17.6 Å². The summed E-state index contributed by atoms with van der Waals surface area (Å²) in [5.74, 6) is 1.52. The summed E-state index contributed by atoms with van der Waals surface area (Å²) in [5.41, 5.74) is 3.24. The predicted molar refractivity (Wildman–Crippen MR) is 104 cm³/mol. The minimum Gasteiger partial charge on any atom is -0.483 e. The van der Waals surface area contributed by atoms with Crippen LogP contribution in [0, 0.1) is 19.8 Å². The molecule has 3 nitrogen and oxygen atoms in total.